The lowest BCUT2D eigenvalue weighted by Crippen LogP contribution is -2.47. The van der Waals surface area contributed by atoms with E-state index in [1.807, 2.05) is 12.1 Å². The Kier molecular flexibility index (Phi) is 8.33. The number of carbonyl (C=O) groups excluding carboxylic acids is 4. The summed E-state index contributed by atoms with van der Waals surface area (Å²) in [6, 6.07) is 16.5. The zero-order chi connectivity index (χ0) is 25.4. The van der Waals surface area contributed by atoms with Crippen LogP contribution in [0.25, 0.3) is 5.69 Å². The maximum Gasteiger partial charge on any atom is 0.407 e. The van der Waals surface area contributed by atoms with Crippen molar-refractivity contribution in [1.29, 1.82) is 0 Å². The molecule has 0 saturated heterocycles. The molecule has 0 aliphatic heterocycles. The number of carbonyl (C=O) groups is 4. The van der Waals surface area contributed by atoms with Crippen LogP contribution in [0.2, 0.25) is 0 Å². The number of amides is 3. The summed E-state index contributed by atoms with van der Waals surface area (Å²) >= 11 is 0. The van der Waals surface area contributed by atoms with Gasteiger partial charge in [-0.05, 0) is 43.2 Å². The first-order valence-electron chi connectivity index (χ1n) is 11.0. The second kappa shape index (κ2) is 11.6. The molecule has 1 unspecified atom stereocenters. The summed E-state index contributed by atoms with van der Waals surface area (Å²) < 4.78 is 6.30. The molecule has 1 heterocycles. The number of nitrogens with two attached hydrogens (primary N) is 1. The van der Waals surface area contributed by atoms with Gasteiger partial charge in [0.1, 0.15) is 11.7 Å². The van der Waals surface area contributed by atoms with Gasteiger partial charge in [-0.2, -0.15) is 5.10 Å². The van der Waals surface area contributed by atoms with Gasteiger partial charge in [0.15, 0.2) is 0 Å². The molecule has 0 bridgehead atoms. The standard InChI is InChI=1S/C25H27N5O5/c1-3-35-25(34)27-15-18-10-7-11-19(13-18)30-21(12-16(2)29-30)24(33)28-20(22(31)23(26)32)14-17-8-5-4-6-9-17/h4-13,20H,3,14-15H2,1-2H3,(H2,26,32)(H,27,34)(H,28,33). The maximum absolute atomic E-state index is 13.2. The van der Waals surface area contributed by atoms with E-state index in [0.29, 0.717) is 11.4 Å². The first kappa shape index (κ1) is 25.2. The smallest absolute Gasteiger partial charge is 0.407 e. The number of nitrogens with one attached hydrogen (secondary N) is 2. The summed E-state index contributed by atoms with van der Waals surface area (Å²) in [4.78, 5) is 48.8. The van der Waals surface area contributed by atoms with Crippen molar-refractivity contribution in [3.8, 4) is 5.69 Å². The monoisotopic (exact) mass is 477 g/mol. The topological polar surface area (TPSA) is 145 Å². The number of primary amides is 1. The molecule has 10 nitrogen and oxygen atoms in total. The zero-order valence-electron chi connectivity index (χ0n) is 19.5. The second-order valence-corrected chi connectivity index (χ2v) is 7.77. The number of nitrogens with zero attached hydrogens (tertiary/aromatic N) is 2. The Morgan fingerprint density at radius 3 is 2.43 bits per heavy atom. The van der Waals surface area contributed by atoms with Crippen molar-refractivity contribution in [2.75, 3.05) is 6.61 Å². The van der Waals surface area contributed by atoms with Gasteiger partial charge < -0.3 is 21.1 Å². The minimum Gasteiger partial charge on any atom is -0.450 e. The molecule has 3 aromatic rings. The number of alkyl carbamates (subject to hydrolysis) is 1. The maximum atomic E-state index is 13.2. The summed E-state index contributed by atoms with van der Waals surface area (Å²) in [6.45, 7) is 3.94. The predicted molar refractivity (Wildman–Crippen MR) is 128 cm³/mol. The largest absolute Gasteiger partial charge is 0.450 e. The van der Waals surface area contributed by atoms with Crippen LogP contribution >= 0.6 is 0 Å². The molecule has 0 spiro atoms. The number of ketones is 1. The highest BCUT2D eigenvalue weighted by Gasteiger charge is 2.27. The van der Waals surface area contributed by atoms with Crippen LogP contribution in [-0.4, -0.2) is 46.1 Å². The number of hydrogen-bond donors (Lipinski definition) is 3. The van der Waals surface area contributed by atoms with E-state index in [0.717, 1.165) is 11.1 Å². The van der Waals surface area contributed by atoms with Crippen LogP contribution in [0.5, 0.6) is 0 Å². The van der Waals surface area contributed by atoms with Crippen molar-refractivity contribution >= 4 is 23.7 Å². The van der Waals surface area contributed by atoms with Gasteiger partial charge >= 0.3 is 6.09 Å². The zero-order valence-corrected chi connectivity index (χ0v) is 19.5. The summed E-state index contributed by atoms with van der Waals surface area (Å²) in [6.07, 6.45) is -0.423. The van der Waals surface area contributed by atoms with Crippen LogP contribution in [0, 0.1) is 6.92 Å². The Hall–Kier alpha value is -4.47. The molecule has 10 heteroatoms. The van der Waals surface area contributed by atoms with Gasteiger partial charge in [-0.3, -0.25) is 14.4 Å². The highest BCUT2D eigenvalue weighted by Crippen LogP contribution is 2.16. The number of aromatic nitrogens is 2. The Balaban J connectivity index is 1.84. The Morgan fingerprint density at radius 1 is 1.03 bits per heavy atom. The summed E-state index contributed by atoms with van der Waals surface area (Å²) in [5.74, 6) is -2.61. The van der Waals surface area contributed by atoms with E-state index in [9.17, 15) is 19.2 Å². The minimum atomic E-state index is -1.13. The van der Waals surface area contributed by atoms with E-state index in [4.69, 9.17) is 10.5 Å². The van der Waals surface area contributed by atoms with E-state index < -0.39 is 29.7 Å². The van der Waals surface area contributed by atoms with Crippen molar-refractivity contribution in [3.63, 3.8) is 0 Å². The van der Waals surface area contributed by atoms with Gasteiger partial charge in [-0.1, -0.05) is 42.5 Å². The van der Waals surface area contributed by atoms with Crippen molar-refractivity contribution in [2.24, 2.45) is 5.73 Å². The first-order valence-corrected chi connectivity index (χ1v) is 11.0. The minimum absolute atomic E-state index is 0.108. The number of Topliss-reactive ketones (excluding diaryl/α,β-unsaturated/α-hetero) is 1. The highest BCUT2D eigenvalue weighted by atomic mass is 16.5. The Morgan fingerprint density at radius 2 is 1.74 bits per heavy atom. The molecule has 182 valence electrons. The van der Waals surface area contributed by atoms with Gasteiger partial charge in [0.2, 0.25) is 5.78 Å². The molecule has 0 saturated carbocycles. The van der Waals surface area contributed by atoms with E-state index in [-0.39, 0.29) is 25.3 Å². The third-order valence-electron chi connectivity index (χ3n) is 5.08. The van der Waals surface area contributed by atoms with Gasteiger partial charge in [-0.15, -0.1) is 0 Å². The molecule has 3 rings (SSSR count). The fourth-order valence-electron chi connectivity index (χ4n) is 3.48. The SMILES string of the molecule is CCOC(=O)NCc1cccc(-n2nc(C)cc2C(=O)NC(Cc2ccccc2)C(=O)C(N)=O)c1. The van der Waals surface area contributed by atoms with Crippen LogP contribution in [0.4, 0.5) is 4.79 Å². The molecular weight excluding hydrogens is 450 g/mol. The van der Waals surface area contributed by atoms with E-state index in [1.54, 1.807) is 62.4 Å². The van der Waals surface area contributed by atoms with Crippen molar-refractivity contribution in [2.45, 2.75) is 32.9 Å². The van der Waals surface area contributed by atoms with E-state index in [2.05, 4.69) is 15.7 Å². The normalized spacial score (nSPS) is 11.4. The number of aryl methyl sites for hydroxylation is 1. The van der Waals surface area contributed by atoms with Crippen LogP contribution in [0.3, 0.4) is 0 Å². The number of rotatable bonds is 10. The fraction of sp³-hybridized carbons (Fsp3) is 0.240. The predicted octanol–water partition coefficient (Wildman–Crippen LogP) is 1.82. The fourth-order valence-corrected chi connectivity index (χ4v) is 3.48. The molecular formula is C25H27N5O5. The van der Waals surface area contributed by atoms with Crippen molar-refractivity contribution in [1.82, 2.24) is 20.4 Å². The third kappa shape index (κ3) is 6.76. The van der Waals surface area contributed by atoms with E-state index in [1.165, 1.54) is 4.68 Å². The van der Waals surface area contributed by atoms with Crippen LogP contribution in [0.15, 0.2) is 60.7 Å². The van der Waals surface area contributed by atoms with Crippen molar-refractivity contribution < 1.29 is 23.9 Å². The molecule has 2 aromatic carbocycles. The van der Waals surface area contributed by atoms with Gasteiger partial charge in [0, 0.05) is 13.0 Å². The molecule has 1 aromatic heterocycles. The highest BCUT2D eigenvalue weighted by molar-refractivity contribution is 6.38. The van der Waals surface area contributed by atoms with Gasteiger partial charge in [-0.25, -0.2) is 9.48 Å². The average Bonchev–Trinajstić information content (AvgIpc) is 3.24. The number of benzene rings is 2. The molecule has 3 amide bonds. The van der Waals surface area contributed by atoms with E-state index >= 15 is 0 Å². The molecule has 0 aliphatic rings. The lowest BCUT2D eigenvalue weighted by molar-refractivity contribution is -0.137. The first-order chi connectivity index (χ1) is 16.8. The van der Waals surface area contributed by atoms with Crippen LogP contribution in [-0.2, 0) is 27.3 Å². The molecule has 1 atom stereocenters. The van der Waals surface area contributed by atoms with Gasteiger partial charge in [0.05, 0.1) is 18.0 Å². The average molecular weight is 478 g/mol. The third-order valence-corrected chi connectivity index (χ3v) is 5.08. The number of hydrogen-bond acceptors (Lipinski definition) is 6. The molecule has 0 fully saturated rings. The second-order valence-electron chi connectivity index (χ2n) is 7.77. The summed E-state index contributed by atoms with van der Waals surface area (Å²) in [5.41, 5.74) is 8.07. The van der Waals surface area contributed by atoms with Crippen molar-refractivity contribution in [3.05, 3.63) is 83.2 Å². The Bertz CT molecular complexity index is 1220. The lowest BCUT2D eigenvalue weighted by Gasteiger charge is -2.17. The molecule has 0 aliphatic carbocycles. The quantitative estimate of drug-likeness (QED) is 0.380. The number of ether oxygens (including phenoxy) is 1. The van der Waals surface area contributed by atoms with Gasteiger partial charge in [0.25, 0.3) is 11.8 Å². The summed E-state index contributed by atoms with van der Waals surface area (Å²) in [7, 11) is 0. The Labute approximate surface area is 202 Å². The molecule has 0 radical (unpaired) electrons. The van der Waals surface area contributed by atoms with Crippen LogP contribution in [0.1, 0.15) is 34.2 Å². The summed E-state index contributed by atoms with van der Waals surface area (Å²) in [5, 5.41) is 9.68. The lowest BCUT2D eigenvalue weighted by atomic mass is 10.0. The van der Waals surface area contributed by atoms with Crippen LogP contribution < -0.4 is 16.4 Å². The molecule has 4 N–H and O–H groups in total. The molecule has 35 heavy (non-hydrogen) atoms.